The van der Waals surface area contributed by atoms with E-state index in [9.17, 15) is 14.4 Å². The van der Waals surface area contributed by atoms with Crippen LogP contribution >= 0.6 is 11.8 Å². The van der Waals surface area contributed by atoms with Gasteiger partial charge >= 0.3 is 0 Å². The van der Waals surface area contributed by atoms with Gasteiger partial charge in [0.2, 0.25) is 5.91 Å². The van der Waals surface area contributed by atoms with Crippen molar-refractivity contribution in [3.8, 4) is 11.8 Å². The molecule has 0 aromatic heterocycles. The van der Waals surface area contributed by atoms with Gasteiger partial charge in [0.1, 0.15) is 11.6 Å². The van der Waals surface area contributed by atoms with Crippen LogP contribution in [0.3, 0.4) is 0 Å². The number of ether oxygens (including phenoxy) is 1. The summed E-state index contributed by atoms with van der Waals surface area (Å²) in [5.74, 6) is 0.373. The largest absolute Gasteiger partial charge is 0.496 e. The SMILES string of the molecule is COc1ccccc1[C@@H]1CC(=O)N2CN(c3ccccc3F)CSC2=C1C#N. The molecule has 4 rings (SSSR count). The van der Waals surface area contributed by atoms with Gasteiger partial charge in [-0.25, -0.2) is 4.39 Å². The molecule has 0 N–H and O–H groups in total. The second kappa shape index (κ2) is 7.56. The van der Waals surface area contributed by atoms with Crippen molar-refractivity contribution >= 4 is 23.4 Å². The lowest BCUT2D eigenvalue weighted by atomic mass is 9.86. The van der Waals surface area contributed by atoms with Crippen LogP contribution in [0.1, 0.15) is 17.9 Å². The van der Waals surface area contributed by atoms with Gasteiger partial charge in [0.05, 0.1) is 42.0 Å². The molecule has 0 aliphatic carbocycles. The zero-order valence-electron chi connectivity index (χ0n) is 15.3. The van der Waals surface area contributed by atoms with Crippen molar-refractivity contribution in [3.05, 3.63) is 70.5 Å². The molecule has 2 aliphatic rings. The molecule has 2 heterocycles. The number of thioether (sulfide) groups is 1. The van der Waals surface area contributed by atoms with Gasteiger partial charge < -0.3 is 9.64 Å². The summed E-state index contributed by atoms with van der Waals surface area (Å²) >= 11 is 1.39. The van der Waals surface area contributed by atoms with Gasteiger partial charge in [-0.15, -0.1) is 0 Å². The lowest BCUT2D eigenvalue weighted by Gasteiger charge is -2.42. The Morgan fingerprint density at radius 2 is 1.96 bits per heavy atom. The predicted molar refractivity (Wildman–Crippen MR) is 106 cm³/mol. The van der Waals surface area contributed by atoms with Gasteiger partial charge in [0.15, 0.2) is 0 Å². The molecule has 7 heteroatoms. The van der Waals surface area contributed by atoms with Crippen LogP contribution in [0.2, 0.25) is 0 Å². The maximum atomic E-state index is 14.2. The summed E-state index contributed by atoms with van der Waals surface area (Å²) in [5.41, 5.74) is 1.84. The highest BCUT2D eigenvalue weighted by molar-refractivity contribution is 8.03. The van der Waals surface area contributed by atoms with Crippen LogP contribution < -0.4 is 9.64 Å². The van der Waals surface area contributed by atoms with Crippen molar-refractivity contribution in [2.24, 2.45) is 0 Å². The minimum atomic E-state index is -0.340. The summed E-state index contributed by atoms with van der Waals surface area (Å²) in [7, 11) is 1.58. The van der Waals surface area contributed by atoms with E-state index in [1.807, 2.05) is 24.3 Å². The van der Waals surface area contributed by atoms with Crippen LogP contribution in [0, 0.1) is 17.1 Å². The average Bonchev–Trinajstić information content (AvgIpc) is 2.74. The highest BCUT2D eigenvalue weighted by Crippen LogP contribution is 2.45. The van der Waals surface area contributed by atoms with E-state index in [1.54, 1.807) is 35.1 Å². The maximum absolute atomic E-state index is 14.2. The molecule has 0 spiro atoms. The third-order valence-corrected chi connectivity index (χ3v) is 6.16. The Hall–Kier alpha value is -2.98. The molecule has 28 heavy (non-hydrogen) atoms. The lowest BCUT2D eigenvalue weighted by molar-refractivity contribution is -0.129. The number of fused-ring (bicyclic) bond motifs is 1. The summed E-state index contributed by atoms with van der Waals surface area (Å²) in [6.07, 6.45) is 0.179. The van der Waals surface area contributed by atoms with Gasteiger partial charge in [-0.2, -0.15) is 5.26 Å². The fraction of sp³-hybridized carbons (Fsp3) is 0.238. The number of carbonyl (C=O) groups is 1. The van der Waals surface area contributed by atoms with E-state index in [1.165, 1.54) is 17.8 Å². The standard InChI is InChI=1S/C21H18FN3O2S/c1-27-19-9-5-2-6-14(19)15-10-20(26)25-12-24(13-28-21(25)16(15)11-23)18-8-4-3-7-17(18)22/h2-9,15H,10,12-13H2,1H3/t15-/m0/s1. The number of nitrogens with zero attached hydrogens (tertiary/aromatic N) is 3. The first kappa shape index (κ1) is 18.4. The molecule has 2 aliphatic heterocycles. The predicted octanol–water partition coefficient (Wildman–Crippen LogP) is 4.05. The molecular weight excluding hydrogens is 377 g/mol. The Balaban J connectivity index is 1.71. The van der Waals surface area contributed by atoms with E-state index >= 15 is 0 Å². The minimum Gasteiger partial charge on any atom is -0.496 e. The number of anilines is 1. The summed E-state index contributed by atoms with van der Waals surface area (Å²) in [5, 5.41) is 10.5. The van der Waals surface area contributed by atoms with Crippen LogP contribution in [0.15, 0.2) is 59.1 Å². The van der Waals surface area contributed by atoms with Crippen LogP contribution in [0.4, 0.5) is 10.1 Å². The second-order valence-electron chi connectivity index (χ2n) is 6.56. The number of hydrogen-bond acceptors (Lipinski definition) is 5. The molecule has 0 unspecified atom stereocenters. The molecule has 1 amide bonds. The van der Waals surface area contributed by atoms with Gasteiger partial charge in [0.25, 0.3) is 0 Å². The highest BCUT2D eigenvalue weighted by atomic mass is 32.2. The first-order valence-corrected chi connectivity index (χ1v) is 9.82. The zero-order valence-corrected chi connectivity index (χ0v) is 16.1. The molecule has 0 bridgehead atoms. The normalized spacial score (nSPS) is 19.3. The Morgan fingerprint density at radius 3 is 2.71 bits per heavy atom. The maximum Gasteiger partial charge on any atom is 0.229 e. The van der Waals surface area contributed by atoms with E-state index in [0.717, 1.165) is 5.56 Å². The van der Waals surface area contributed by atoms with Crippen molar-refractivity contribution in [1.29, 1.82) is 5.26 Å². The third-order valence-electron chi connectivity index (χ3n) is 5.00. The first-order valence-electron chi connectivity index (χ1n) is 8.84. The Labute approximate surface area is 167 Å². The summed E-state index contributed by atoms with van der Waals surface area (Å²) in [6.45, 7) is 0.228. The quantitative estimate of drug-likeness (QED) is 0.785. The van der Waals surface area contributed by atoms with Gasteiger partial charge in [-0.05, 0) is 18.2 Å². The highest BCUT2D eigenvalue weighted by Gasteiger charge is 2.39. The fourth-order valence-electron chi connectivity index (χ4n) is 3.64. The summed E-state index contributed by atoms with van der Waals surface area (Å²) < 4.78 is 19.6. The monoisotopic (exact) mass is 395 g/mol. The smallest absolute Gasteiger partial charge is 0.229 e. The molecule has 0 radical (unpaired) electrons. The molecule has 2 aromatic carbocycles. The third kappa shape index (κ3) is 3.10. The number of methoxy groups -OCH3 is 1. The molecule has 142 valence electrons. The second-order valence-corrected chi connectivity index (χ2v) is 7.49. The van der Waals surface area contributed by atoms with Crippen molar-refractivity contribution in [2.45, 2.75) is 12.3 Å². The number of carbonyl (C=O) groups excluding carboxylic acids is 1. The molecule has 2 aromatic rings. The topological polar surface area (TPSA) is 56.6 Å². The molecule has 5 nitrogen and oxygen atoms in total. The van der Waals surface area contributed by atoms with Crippen LogP contribution in [0.25, 0.3) is 0 Å². The molecule has 1 saturated heterocycles. The Morgan fingerprint density at radius 1 is 1.21 bits per heavy atom. The first-order chi connectivity index (χ1) is 13.6. The molecular formula is C21H18FN3O2S. The van der Waals surface area contributed by atoms with Crippen LogP contribution in [-0.2, 0) is 4.79 Å². The average molecular weight is 395 g/mol. The van der Waals surface area contributed by atoms with E-state index < -0.39 is 0 Å². The fourth-order valence-corrected chi connectivity index (χ4v) is 4.80. The van der Waals surface area contributed by atoms with Crippen LogP contribution in [0.5, 0.6) is 5.75 Å². The molecule has 1 fully saturated rings. The van der Waals surface area contributed by atoms with Gasteiger partial charge in [-0.1, -0.05) is 42.1 Å². The number of amides is 1. The number of allylic oxidation sites excluding steroid dienone is 1. The Bertz CT molecular complexity index is 1000. The van der Waals surface area contributed by atoms with E-state index in [2.05, 4.69) is 6.07 Å². The lowest BCUT2D eigenvalue weighted by Crippen LogP contribution is -2.47. The number of para-hydroxylation sites is 2. The van der Waals surface area contributed by atoms with Gasteiger partial charge in [-0.3, -0.25) is 9.69 Å². The molecule has 1 atom stereocenters. The van der Waals surface area contributed by atoms with Gasteiger partial charge in [0, 0.05) is 17.9 Å². The van der Waals surface area contributed by atoms with E-state index in [4.69, 9.17) is 4.74 Å². The summed E-state index contributed by atoms with van der Waals surface area (Å²) in [4.78, 5) is 16.3. The summed E-state index contributed by atoms with van der Waals surface area (Å²) in [6, 6.07) is 16.3. The van der Waals surface area contributed by atoms with Crippen LogP contribution in [-0.4, -0.2) is 30.5 Å². The van der Waals surface area contributed by atoms with Crippen molar-refractivity contribution < 1.29 is 13.9 Å². The number of rotatable bonds is 3. The van der Waals surface area contributed by atoms with E-state index in [-0.39, 0.29) is 30.7 Å². The van der Waals surface area contributed by atoms with Crippen molar-refractivity contribution in [1.82, 2.24) is 4.90 Å². The Kier molecular flexibility index (Phi) is 4.97. The number of halogens is 1. The van der Waals surface area contributed by atoms with E-state index in [0.29, 0.717) is 27.9 Å². The number of benzene rings is 2. The number of nitriles is 1. The van der Waals surface area contributed by atoms with Crippen molar-refractivity contribution in [2.75, 3.05) is 24.6 Å². The minimum absolute atomic E-state index is 0.0848. The van der Waals surface area contributed by atoms with Crippen molar-refractivity contribution in [3.63, 3.8) is 0 Å². The zero-order chi connectivity index (χ0) is 19.7. The molecule has 0 saturated carbocycles. The number of hydrogen-bond donors (Lipinski definition) is 0.